The average Bonchev–Trinajstić information content (AvgIpc) is 2.99. The van der Waals surface area contributed by atoms with E-state index in [0.29, 0.717) is 5.96 Å². The number of halogens is 2. The SMILES string of the molecule is Br.CCCCN=C(N)N/N=C/c1ccc(-c2c[n+]3ccc(C)cc3n2C)cc1.[Br-]. The van der Waals surface area contributed by atoms with E-state index in [4.69, 9.17) is 5.73 Å². The molecule has 0 saturated carbocycles. The Hall–Kier alpha value is -2.19. The molecule has 0 saturated heterocycles. The van der Waals surface area contributed by atoms with Gasteiger partial charge in [-0.05, 0) is 42.7 Å². The molecule has 0 aliphatic carbocycles. The molecule has 156 valence electrons. The van der Waals surface area contributed by atoms with Crippen LogP contribution in [-0.4, -0.2) is 23.3 Å². The van der Waals surface area contributed by atoms with Crippen LogP contribution in [0.3, 0.4) is 0 Å². The number of pyridine rings is 1. The summed E-state index contributed by atoms with van der Waals surface area (Å²) in [5.74, 6) is 0.346. The fraction of sp³-hybridized carbons (Fsp3) is 0.286. The number of hydrogen-bond acceptors (Lipinski definition) is 2. The summed E-state index contributed by atoms with van der Waals surface area (Å²) in [6.45, 7) is 4.96. The number of benzene rings is 1. The molecule has 8 heteroatoms. The Kier molecular flexibility index (Phi) is 10.0. The molecule has 3 N–H and O–H groups in total. The smallest absolute Gasteiger partial charge is 0.286 e. The van der Waals surface area contributed by atoms with Crippen molar-refractivity contribution in [2.75, 3.05) is 6.54 Å². The average molecular weight is 524 g/mol. The number of aliphatic imine (C=N–C) groups is 1. The Bertz CT molecular complexity index is 977. The summed E-state index contributed by atoms with van der Waals surface area (Å²) in [6.07, 6.45) is 8.10. The number of rotatable bonds is 6. The topological polar surface area (TPSA) is 71.8 Å². The van der Waals surface area contributed by atoms with Crippen LogP contribution in [0.5, 0.6) is 0 Å². The third-order valence-corrected chi connectivity index (χ3v) is 4.48. The van der Waals surface area contributed by atoms with E-state index in [0.717, 1.165) is 41.9 Å². The van der Waals surface area contributed by atoms with Crippen LogP contribution < -0.4 is 32.5 Å². The molecule has 0 unspecified atom stereocenters. The lowest BCUT2D eigenvalue weighted by Gasteiger charge is -2.00. The molecule has 0 radical (unpaired) electrons. The molecular formula is C21H28Br2N6. The highest BCUT2D eigenvalue weighted by atomic mass is 79.9. The first-order valence-corrected chi connectivity index (χ1v) is 9.25. The van der Waals surface area contributed by atoms with Crippen molar-refractivity contribution in [3.63, 3.8) is 0 Å². The monoisotopic (exact) mass is 522 g/mol. The molecule has 0 aliphatic rings. The van der Waals surface area contributed by atoms with Gasteiger partial charge in [0.05, 0.1) is 19.5 Å². The number of hydrogen-bond donors (Lipinski definition) is 2. The molecular weight excluding hydrogens is 496 g/mol. The van der Waals surface area contributed by atoms with Gasteiger partial charge >= 0.3 is 0 Å². The lowest BCUT2D eigenvalue weighted by atomic mass is 10.1. The van der Waals surface area contributed by atoms with Crippen molar-refractivity contribution >= 4 is 34.8 Å². The van der Waals surface area contributed by atoms with Crippen molar-refractivity contribution in [3.05, 3.63) is 59.9 Å². The molecule has 3 aromatic rings. The van der Waals surface area contributed by atoms with Crippen molar-refractivity contribution in [2.24, 2.45) is 22.9 Å². The van der Waals surface area contributed by atoms with E-state index in [1.54, 1.807) is 6.21 Å². The third-order valence-electron chi connectivity index (χ3n) is 4.48. The van der Waals surface area contributed by atoms with Crippen LogP contribution in [0.2, 0.25) is 0 Å². The third kappa shape index (κ3) is 6.40. The quantitative estimate of drug-likeness (QED) is 0.161. The van der Waals surface area contributed by atoms with E-state index in [2.05, 4.69) is 82.0 Å². The van der Waals surface area contributed by atoms with E-state index in [9.17, 15) is 0 Å². The zero-order valence-electron chi connectivity index (χ0n) is 17.0. The second-order valence-electron chi connectivity index (χ2n) is 6.66. The van der Waals surface area contributed by atoms with Gasteiger partial charge in [0.15, 0.2) is 5.69 Å². The van der Waals surface area contributed by atoms with Crippen molar-refractivity contribution in [3.8, 4) is 11.3 Å². The minimum absolute atomic E-state index is 0. The van der Waals surface area contributed by atoms with Crippen molar-refractivity contribution in [2.45, 2.75) is 26.7 Å². The summed E-state index contributed by atoms with van der Waals surface area (Å²) in [7, 11) is 2.09. The Morgan fingerprint density at radius 1 is 1.24 bits per heavy atom. The number of nitrogens with one attached hydrogen (secondary N) is 1. The highest BCUT2D eigenvalue weighted by Gasteiger charge is 2.15. The largest absolute Gasteiger partial charge is 1.00 e. The Balaban J connectivity index is 0.00000210. The summed E-state index contributed by atoms with van der Waals surface area (Å²) in [4.78, 5) is 4.20. The van der Waals surface area contributed by atoms with Gasteiger partial charge < -0.3 is 22.7 Å². The normalized spacial score (nSPS) is 11.3. The number of nitrogens with zero attached hydrogens (tertiary/aromatic N) is 4. The van der Waals surface area contributed by atoms with Crippen LogP contribution in [0.25, 0.3) is 16.9 Å². The van der Waals surface area contributed by atoms with Crippen LogP contribution in [0.15, 0.2) is 58.9 Å². The Morgan fingerprint density at radius 2 is 1.97 bits per heavy atom. The van der Waals surface area contributed by atoms with Crippen LogP contribution >= 0.6 is 17.0 Å². The number of nitrogens with two attached hydrogens (primary N) is 1. The minimum Gasteiger partial charge on any atom is -1.00 e. The van der Waals surface area contributed by atoms with Crippen LogP contribution in [0.1, 0.15) is 30.9 Å². The van der Waals surface area contributed by atoms with Gasteiger partial charge in [0, 0.05) is 18.2 Å². The molecule has 0 bridgehead atoms. The highest BCUT2D eigenvalue weighted by molar-refractivity contribution is 8.93. The summed E-state index contributed by atoms with van der Waals surface area (Å²) < 4.78 is 4.34. The number of guanidine groups is 1. The maximum absolute atomic E-state index is 5.76. The lowest BCUT2D eigenvalue weighted by molar-refractivity contribution is -0.510. The number of aromatic nitrogens is 2. The van der Waals surface area contributed by atoms with E-state index >= 15 is 0 Å². The number of hydrazone groups is 1. The molecule has 0 fully saturated rings. The molecule has 2 heterocycles. The van der Waals surface area contributed by atoms with Gasteiger partial charge in [-0.15, -0.1) is 17.0 Å². The second-order valence-corrected chi connectivity index (χ2v) is 6.66. The van der Waals surface area contributed by atoms with Crippen molar-refractivity contribution in [1.82, 2.24) is 9.99 Å². The maximum atomic E-state index is 5.76. The second kappa shape index (κ2) is 11.7. The van der Waals surface area contributed by atoms with Crippen LogP contribution in [0, 0.1) is 6.92 Å². The Labute approximate surface area is 193 Å². The molecule has 3 rings (SSSR count). The van der Waals surface area contributed by atoms with Gasteiger partial charge in [0.1, 0.15) is 6.20 Å². The minimum atomic E-state index is 0. The van der Waals surface area contributed by atoms with Gasteiger partial charge in [0.25, 0.3) is 5.65 Å². The first kappa shape index (κ1) is 24.8. The fourth-order valence-electron chi connectivity index (χ4n) is 2.90. The van der Waals surface area contributed by atoms with Gasteiger partial charge in [-0.3, -0.25) is 4.99 Å². The number of unbranched alkanes of at least 4 members (excludes halogenated alkanes) is 1. The summed E-state index contributed by atoms with van der Waals surface area (Å²) in [5, 5.41) is 4.14. The predicted octanol–water partition coefficient (Wildman–Crippen LogP) is 0.359. The molecule has 2 aromatic heterocycles. The molecule has 0 amide bonds. The van der Waals surface area contributed by atoms with E-state index in [1.165, 1.54) is 5.56 Å². The molecule has 0 spiro atoms. The summed E-state index contributed by atoms with van der Waals surface area (Å²) in [5.41, 5.74) is 14.2. The predicted molar refractivity (Wildman–Crippen MR) is 121 cm³/mol. The first-order chi connectivity index (χ1) is 13.1. The lowest BCUT2D eigenvalue weighted by Crippen LogP contribution is -3.00. The van der Waals surface area contributed by atoms with Crippen molar-refractivity contribution < 1.29 is 21.4 Å². The van der Waals surface area contributed by atoms with Crippen LogP contribution in [-0.2, 0) is 7.05 Å². The van der Waals surface area contributed by atoms with Gasteiger partial charge in [-0.25, -0.2) is 14.4 Å². The maximum Gasteiger partial charge on any atom is 0.286 e. The van der Waals surface area contributed by atoms with Gasteiger partial charge in [-0.1, -0.05) is 25.5 Å². The van der Waals surface area contributed by atoms with Gasteiger partial charge in [-0.2, -0.15) is 5.10 Å². The number of aryl methyl sites for hydroxylation is 2. The number of imidazole rings is 1. The zero-order valence-corrected chi connectivity index (χ0v) is 20.3. The Morgan fingerprint density at radius 3 is 2.66 bits per heavy atom. The standard InChI is InChI=1S/C21H27N6.2BrH/c1-4-5-11-23-21(22)25-24-14-17-6-8-18(9-7-17)19-15-27-12-10-16(2)13-20(27)26(19)3;;/h6-10,12-15H,4-5,11H2,1-3H3,(H3,22,23,25);2*1H/q+1;;/p-1/b24-14+;;. The van der Waals surface area contributed by atoms with E-state index in [-0.39, 0.29) is 34.0 Å². The van der Waals surface area contributed by atoms with Crippen molar-refractivity contribution in [1.29, 1.82) is 0 Å². The summed E-state index contributed by atoms with van der Waals surface area (Å²) in [6, 6.07) is 12.6. The molecule has 6 nitrogen and oxygen atoms in total. The number of fused-ring (bicyclic) bond motifs is 1. The van der Waals surface area contributed by atoms with E-state index < -0.39 is 0 Å². The van der Waals surface area contributed by atoms with Gasteiger partial charge in [0.2, 0.25) is 5.96 Å². The molecule has 29 heavy (non-hydrogen) atoms. The zero-order chi connectivity index (χ0) is 19.2. The summed E-state index contributed by atoms with van der Waals surface area (Å²) >= 11 is 0. The fourth-order valence-corrected chi connectivity index (χ4v) is 2.90. The highest BCUT2D eigenvalue weighted by Crippen LogP contribution is 2.20. The molecule has 0 aliphatic heterocycles. The molecule has 1 aromatic carbocycles. The van der Waals surface area contributed by atoms with Crippen LogP contribution in [0.4, 0.5) is 0 Å². The molecule has 0 atom stereocenters. The first-order valence-electron chi connectivity index (χ1n) is 9.25. The van der Waals surface area contributed by atoms with E-state index in [1.807, 2.05) is 12.1 Å².